The monoisotopic (exact) mass is 386 g/mol. The zero-order valence-electron chi connectivity index (χ0n) is 12.6. The molecule has 0 unspecified atom stereocenters. The average molecular weight is 387 g/mol. The molecule has 3 aromatic heterocycles. The van der Waals surface area contributed by atoms with Crippen LogP contribution in [0.25, 0.3) is 16.7 Å². The average Bonchev–Trinajstić information content (AvgIpc) is 3.09. The van der Waals surface area contributed by atoms with Crippen molar-refractivity contribution in [3.63, 3.8) is 0 Å². The lowest BCUT2D eigenvalue weighted by Gasteiger charge is -2.00. The molecule has 0 saturated carbocycles. The van der Waals surface area contributed by atoms with Crippen molar-refractivity contribution in [2.45, 2.75) is 18.5 Å². The summed E-state index contributed by atoms with van der Waals surface area (Å²) in [6, 6.07) is 14.3. The Kier molecular flexibility index (Phi) is 3.87. The van der Waals surface area contributed by atoms with Crippen molar-refractivity contribution in [2.75, 3.05) is 5.75 Å². The summed E-state index contributed by atoms with van der Waals surface area (Å²) in [5, 5.41) is 0.960. The highest BCUT2D eigenvalue weighted by atomic mass is 79.9. The van der Waals surface area contributed by atoms with Crippen molar-refractivity contribution in [1.29, 1.82) is 0 Å². The Morgan fingerprint density at radius 1 is 1.13 bits per heavy atom. The molecule has 0 aliphatic rings. The molecule has 0 bridgehead atoms. The molecule has 6 heteroatoms. The zero-order valence-corrected chi connectivity index (χ0v) is 15.0. The second-order valence-electron chi connectivity index (χ2n) is 5.37. The summed E-state index contributed by atoms with van der Waals surface area (Å²) >= 11 is 5.41. The number of hydrogen-bond acceptors (Lipinski definition) is 3. The van der Waals surface area contributed by atoms with Crippen LogP contribution >= 0.6 is 27.7 Å². The van der Waals surface area contributed by atoms with E-state index in [1.54, 1.807) is 11.8 Å². The Bertz CT molecular complexity index is 956. The molecule has 4 rings (SSSR count). The minimum absolute atomic E-state index is 0.892. The summed E-state index contributed by atoms with van der Waals surface area (Å²) in [7, 11) is 0. The van der Waals surface area contributed by atoms with Crippen LogP contribution in [0.3, 0.4) is 0 Å². The van der Waals surface area contributed by atoms with Crippen LogP contribution in [0.5, 0.6) is 0 Å². The third kappa shape index (κ3) is 2.77. The van der Waals surface area contributed by atoms with Gasteiger partial charge in [0, 0.05) is 17.9 Å². The second kappa shape index (κ2) is 6.02. The molecule has 0 radical (unpaired) electrons. The van der Waals surface area contributed by atoms with Gasteiger partial charge in [-0.05, 0) is 47.1 Å². The van der Waals surface area contributed by atoms with E-state index in [1.807, 2.05) is 36.4 Å². The summed E-state index contributed by atoms with van der Waals surface area (Å²) in [6.07, 6.45) is 0.892. The first-order valence-corrected chi connectivity index (χ1v) is 9.20. The van der Waals surface area contributed by atoms with Crippen LogP contribution in [0.15, 0.2) is 52.2 Å². The highest BCUT2D eigenvalue weighted by molar-refractivity contribution is 9.10. The maximum Gasteiger partial charge on any atom is 0.166 e. The summed E-state index contributed by atoms with van der Waals surface area (Å²) in [6.45, 7) is 2.09. The molecule has 1 aromatic carbocycles. The lowest BCUT2D eigenvalue weighted by Crippen LogP contribution is -1.92. The number of hydrogen-bond donors (Lipinski definition) is 1. The fraction of sp³-hybridized carbons (Fsp3) is 0.176. The molecule has 23 heavy (non-hydrogen) atoms. The Morgan fingerprint density at radius 2 is 2.00 bits per heavy atom. The number of rotatable bonds is 4. The number of para-hydroxylation sites is 2. The normalized spacial score (nSPS) is 11.6. The van der Waals surface area contributed by atoms with Crippen molar-refractivity contribution in [2.24, 2.45) is 0 Å². The number of halogens is 1. The molecule has 4 nitrogen and oxygen atoms in total. The van der Waals surface area contributed by atoms with E-state index >= 15 is 0 Å². The first-order chi connectivity index (χ1) is 11.2. The molecule has 0 amide bonds. The van der Waals surface area contributed by atoms with E-state index in [-0.39, 0.29) is 0 Å². The molecule has 0 saturated heterocycles. The predicted octanol–water partition coefficient (Wildman–Crippen LogP) is 4.62. The number of nitrogens with zero attached hydrogens (tertiary/aromatic N) is 3. The fourth-order valence-electron chi connectivity index (χ4n) is 2.66. The first-order valence-electron chi connectivity index (χ1n) is 7.42. The topological polar surface area (TPSA) is 46.0 Å². The standard InChI is InChI=1S/C17H15BrN4S/c1-11-5-4-8-15-19-14(16(18)22(11)15)9-10-23-17-20-12-6-2-3-7-13(12)21-17/h2-8H,9-10H2,1H3,(H,20,21). The SMILES string of the molecule is Cc1cccc2nc(CCSc3nc4ccccc4[nH]3)c(Br)n12. The van der Waals surface area contributed by atoms with Gasteiger partial charge in [-0.25, -0.2) is 9.97 Å². The molecule has 0 atom stereocenters. The van der Waals surface area contributed by atoms with Crippen LogP contribution < -0.4 is 0 Å². The van der Waals surface area contributed by atoms with Gasteiger partial charge in [-0.15, -0.1) is 0 Å². The summed E-state index contributed by atoms with van der Waals surface area (Å²) < 4.78 is 3.19. The van der Waals surface area contributed by atoms with E-state index in [0.29, 0.717) is 0 Å². The maximum atomic E-state index is 4.72. The van der Waals surface area contributed by atoms with Gasteiger partial charge in [0.1, 0.15) is 10.3 Å². The van der Waals surface area contributed by atoms with E-state index in [0.717, 1.165) is 44.3 Å². The highest BCUT2D eigenvalue weighted by Gasteiger charge is 2.11. The Labute approximate surface area is 146 Å². The van der Waals surface area contributed by atoms with E-state index in [1.165, 1.54) is 5.69 Å². The predicted molar refractivity (Wildman–Crippen MR) is 98.2 cm³/mol. The van der Waals surface area contributed by atoms with Crippen LogP contribution in [0.2, 0.25) is 0 Å². The van der Waals surface area contributed by atoms with Crippen molar-refractivity contribution < 1.29 is 0 Å². The Hall–Kier alpha value is -1.79. The molecule has 0 spiro atoms. The number of benzene rings is 1. The van der Waals surface area contributed by atoms with Gasteiger partial charge in [-0.1, -0.05) is 30.0 Å². The molecule has 3 heterocycles. The summed E-state index contributed by atoms with van der Waals surface area (Å²) in [5.41, 5.74) is 5.35. The number of imidazole rings is 2. The third-order valence-electron chi connectivity index (χ3n) is 3.79. The smallest absolute Gasteiger partial charge is 0.166 e. The molecule has 4 aromatic rings. The number of fused-ring (bicyclic) bond motifs is 2. The molecular formula is C17H15BrN4S. The van der Waals surface area contributed by atoms with Gasteiger partial charge in [-0.3, -0.25) is 4.40 Å². The quantitative estimate of drug-likeness (QED) is 0.520. The number of H-pyrrole nitrogens is 1. The largest absolute Gasteiger partial charge is 0.333 e. The number of aromatic nitrogens is 4. The van der Waals surface area contributed by atoms with Gasteiger partial charge >= 0.3 is 0 Å². The van der Waals surface area contributed by atoms with Crippen LogP contribution in [-0.2, 0) is 6.42 Å². The number of aromatic amines is 1. The lowest BCUT2D eigenvalue weighted by molar-refractivity contribution is 1.02. The Balaban J connectivity index is 1.51. The third-order valence-corrected chi connectivity index (χ3v) is 5.48. The van der Waals surface area contributed by atoms with E-state index in [2.05, 4.69) is 43.3 Å². The summed E-state index contributed by atoms with van der Waals surface area (Å²) in [5.74, 6) is 0.932. The molecule has 1 N–H and O–H groups in total. The van der Waals surface area contributed by atoms with Gasteiger partial charge in [0.15, 0.2) is 5.16 Å². The van der Waals surface area contributed by atoms with Crippen molar-refractivity contribution in [3.8, 4) is 0 Å². The second-order valence-corrected chi connectivity index (χ2v) is 7.20. The van der Waals surface area contributed by atoms with Crippen molar-refractivity contribution in [1.82, 2.24) is 19.4 Å². The van der Waals surface area contributed by atoms with Crippen molar-refractivity contribution >= 4 is 44.4 Å². The Morgan fingerprint density at radius 3 is 2.83 bits per heavy atom. The van der Waals surface area contributed by atoms with Gasteiger partial charge < -0.3 is 4.98 Å². The number of pyridine rings is 1. The number of thioether (sulfide) groups is 1. The maximum absolute atomic E-state index is 4.72. The summed E-state index contributed by atoms with van der Waals surface area (Å²) in [4.78, 5) is 12.7. The molecule has 0 aliphatic heterocycles. The van der Waals surface area contributed by atoms with Crippen molar-refractivity contribution in [3.05, 3.63) is 58.5 Å². The zero-order chi connectivity index (χ0) is 15.8. The van der Waals surface area contributed by atoms with Gasteiger partial charge in [0.25, 0.3) is 0 Å². The van der Waals surface area contributed by atoms with Crippen LogP contribution in [0.4, 0.5) is 0 Å². The van der Waals surface area contributed by atoms with Gasteiger partial charge in [0.05, 0.1) is 16.7 Å². The van der Waals surface area contributed by atoms with Crippen LogP contribution in [0, 0.1) is 6.92 Å². The first kappa shape index (κ1) is 14.8. The minimum Gasteiger partial charge on any atom is -0.333 e. The van der Waals surface area contributed by atoms with Gasteiger partial charge in [0.2, 0.25) is 0 Å². The molecule has 116 valence electrons. The minimum atomic E-state index is 0.892. The molecule has 0 aliphatic carbocycles. The highest BCUT2D eigenvalue weighted by Crippen LogP contribution is 2.24. The fourth-order valence-corrected chi connectivity index (χ4v) is 4.24. The van der Waals surface area contributed by atoms with Crippen LogP contribution in [0.1, 0.15) is 11.4 Å². The van der Waals surface area contributed by atoms with Gasteiger partial charge in [-0.2, -0.15) is 0 Å². The van der Waals surface area contributed by atoms with Crippen LogP contribution in [-0.4, -0.2) is 25.1 Å². The number of aryl methyl sites for hydroxylation is 2. The molecule has 0 fully saturated rings. The number of nitrogens with one attached hydrogen (secondary N) is 1. The lowest BCUT2D eigenvalue weighted by atomic mass is 10.3. The van der Waals surface area contributed by atoms with E-state index < -0.39 is 0 Å². The molecular weight excluding hydrogens is 372 g/mol. The van der Waals surface area contributed by atoms with E-state index in [4.69, 9.17) is 4.98 Å². The van der Waals surface area contributed by atoms with E-state index in [9.17, 15) is 0 Å².